The first kappa shape index (κ1) is 19.1. The van der Waals surface area contributed by atoms with Gasteiger partial charge < -0.3 is 15.0 Å². The number of benzene rings is 2. The average Bonchev–Trinajstić information content (AvgIpc) is 2.74. The molecule has 0 bridgehead atoms. The first-order valence-corrected chi connectivity index (χ1v) is 8.92. The van der Waals surface area contributed by atoms with Gasteiger partial charge in [-0.25, -0.2) is 9.78 Å². The molecule has 1 N–H and O–H groups in total. The summed E-state index contributed by atoms with van der Waals surface area (Å²) in [7, 11) is 1.88. The van der Waals surface area contributed by atoms with Gasteiger partial charge in [0.05, 0.1) is 17.9 Å². The molecule has 6 nitrogen and oxygen atoms in total. The van der Waals surface area contributed by atoms with Gasteiger partial charge in [-0.1, -0.05) is 30.3 Å². The first-order chi connectivity index (χ1) is 13.6. The molecule has 1 aromatic heterocycles. The van der Waals surface area contributed by atoms with Crippen LogP contribution in [0.1, 0.15) is 27.6 Å². The Labute approximate surface area is 163 Å². The number of nitrogens with one attached hydrogen (secondary N) is 1. The van der Waals surface area contributed by atoms with Gasteiger partial charge in [0.2, 0.25) is 0 Å². The molecule has 0 atom stereocenters. The van der Waals surface area contributed by atoms with Crippen molar-refractivity contribution in [2.45, 2.75) is 6.92 Å². The van der Waals surface area contributed by atoms with Gasteiger partial charge in [-0.2, -0.15) is 0 Å². The van der Waals surface area contributed by atoms with Gasteiger partial charge in [0.15, 0.2) is 0 Å². The third kappa shape index (κ3) is 4.35. The zero-order chi connectivity index (χ0) is 19.9. The van der Waals surface area contributed by atoms with Crippen LogP contribution in [-0.2, 0) is 4.74 Å². The molecule has 3 aromatic rings. The summed E-state index contributed by atoms with van der Waals surface area (Å²) in [6.45, 7) is 2.00. The number of rotatable bonds is 6. The largest absolute Gasteiger partial charge is 0.462 e. The average molecular weight is 375 g/mol. The second-order valence-electron chi connectivity index (χ2n) is 6.02. The maximum Gasteiger partial charge on any atom is 0.340 e. The predicted octanol–water partition coefficient (Wildman–Crippen LogP) is 4.28. The lowest BCUT2D eigenvalue weighted by Crippen LogP contribution is -2.17. The van der Waals surface area contributed by atoms with Crippen molar-refractivity contribution in [1.82, 2.24) is 4.98 Å². The molecule has 0 saturated heterocycles. The maximum absolute atomic E-state index is 12.7. The highest BCUT2D eigenvalue weighted by atomic mass is 16.5. The Bertz CT molecular complexity index is 974. The van der Waals surface area contributed by atoms with E-state index in [1.807, 2.05) is 42.3 Å². The number of amides is 1. The van der Waals surface area contributed by atoms with E-state index < -0.39 is 5.97 Å². The van der Waals surface area contributed by atoms with Crippen molar-refractivity contribution in [1.29, 1.82) is 0 Å². The van der Waals surface area contributed by atoms with E-state index in [4.69, 9.17) is 4.74 Å². The molecule has 1 amide bonds. The Balaban J connectivity index is 1.82. The number of nitrogens with zero attached hydrogens (tertiary/aromatic N) is 2. The zero-order valence-corrected chi connectivity index (χ0v) is 15.8. The molecule has 0 unspecified atom stereocenters. The van der Waals surface area contributed by atoms with E-state index in [1.54, 1.807) is 49.5 Å². The summed E-state index contributed by atoms with van der Waals surface area (Å²) in [5.41, 5.74) is 2.11. The number of esters is 1. The van der Waals surface area contributed by atoms with Crippen LogP contribution in [0.5, 0.6) is 0 Å². The molecule has 6 heteroatoms. The number of para-hydroxylation sites is 2. The predicted molar refractivity (Wildman–Crippen MR) is 109 cm³/mol. The standard InChI is InChI=1S/C22H21N3O3/c1-3-28-22(27)18-11-7-8-12-19(18)24-21(26)16-13-14-23-20(15-16)25(2)17-9-5-4-6-10-17/h4-15H,3H2,1-2H3,(H,24,26). The summed E-state index contributed by atoms with van der Waals surface area (Å²) >= 11 is 0. The number of hydrogen-bond acceptors (Lipinski definition) is 5. The lowest BCUT2D eigenvalue weighted by molar-refractivity contribution is 0.0527. The van der Waals surface area contributed by atoms with Crippen LogP contribution in [0.25, 0.3) is 0 Å². The van der Waals surface area contributed by atoms with E-state index in [9.17, 15) is 9.59 Å². The molecular formula is C22H21N3O3. The Morgan fingerprint density at radius 2 is 1.75 bits per heavy atom. The third-order valence-corrected chi connectivity index (χ3v) is 4.17. The van der Waals surface area contributed by atoms with Gasteiger partial charge in [0, 0.05) is 24.5 Å². The zero-order valence-electron chi connectivity index (χ0n) is 15.8. The van der Waals surface area contributed by atoms with Gasteiger partial charge in [-0.3, -0.25) is 4.79 Å². The minimum atomic E-state index is -0.474. The number of ether oxygens (including phenoxy) is 1. The highest BCUT2D eigenvalue weighted by Crippen LogP contribution is 2.23. The van der Waals surface area contributed by atoms with E-state index in [1.165, 1.54) is 0 Å². The fraction of sp³-hybridized carbons (Fsp3) is 0.136. The van der Waals surface area contributed by atoms with Crippen molar-refractivity contribution in [3.8, 4) is 0 Å². The van der Waals surface area contributed by atoms with Crippen LogP contribution >= 0.6 is 0 Å². The second kappa shape index (κ2) is 8.81. The second-order valence-corrected chi connectivity index (χ2v) is 6.02. The van der Waals surface area contributed by atoms with Gasteiger partial charge in [-0.15, -0.1) is 0 Å². The molecule has 0 aliphatic carbocycles. The summed E-state index contributed by atoms with van der Waals surface area (Å²) in [5, 5.41) is 2.79. The number of aromatic nitrogens is 1. The van der Waals surface area contributed by atoms with Gasteiger partial charge >= 0.3 is 5.97 Å². The molecular weight excluding hydrogens is 354 g/mol. The fourth-order valence-electron chi connectivity index (χ4n) is 2.70. The summed E-state index contributed by atoms with van der Waals surface area (Å²) in [6, 6.07) is 19.8. The van der Waals surface area contributed by atoms with Gasteiger partial charge in [0.1, 0.15) is 5.82 Å². The highest BCUT2D eigenvalue weighted by Gasteiger charge is 2.16. The van der Waals surface area contributed by atoms with Crippen LogP contribution in [0.4, 0.5) is 17.2 Å². The van der Waals surface area contributed by atoms with Crippen LogP contribution in [-0.4, -0.2) is 30.5 Å². The normalized spacial score (nSPS) is 10.2. The Hall–Kier alpha value is -3.67. The SMILES string of the molecule is CCOC(=O)c1ccccc1NC(=O)c1ccnc(N(C)c2ccccc2)c1. The van der Waals surface area contributed by atoms with Crippen LogP contribution in [0.15, 0.2) is 72.9 Å². The van der Waals surface area contributed by atoms with Crippen molar-refractivity contribution in [3.63, 3.8) is 0 Å². The van der Waals surface area contributed by atoms with Crippen molar-refractivity contribution >= 4 is 29.1 Å². The summed E-state index contributed by atoms with van der Waals surface area (Å²) < 4.78 is 5.05. The molecule has 0 aliphatic rings. The molecule has 1 heterocycles. The number of pyridine rings is 1. The van der Waals surface area contributed by atoms with Crippen molar-refractivity contribution < 1.29 is 14.3 Å². The van der Waals surface area contributed by atoms with Crippen molar-refractivity contribution in [2.24, 2.45) is 0 Å². The molecule has 0 aliphatic heterocycles. The van der Waals surface area contributed by atoms with Crippen LogP contribution in [0.2, 0.25) is 0 Å². The van der Waals surface area contributed by atoms with E-state index >= 15 is 0 Å². The molecule has 0 radical (unpaired) electrons. The van der Waals surface area contributed by atoms with Gasteiger partial charge in [-0.05, 0) is 43.3 Å². The lowest BCUT2D eigenvalue weighted by Gasteiger charge is -2.18. The summed E-state index contributed by atoms with van der Waals surface area (Å²) in [6.07, 6.45) is 1.58. The van der Waals surface area contributed by atoms with E-state index in [-0.39, 0.29) is 12.5 Å². The minimum absolute atomic E-state index is 0.265. The quantitative estimate of drug-likeness (QED) is 0.651. The van der Waals surface area contributed by atoms with Crippen molar-refractivity contribution in [3.05, 3.63) is 84.1 Å². The maximum atomic E-state index is 12.7. The van der Waals surface area contributed by atoms with E-state index in [0.29, 0.717) is 22.6 Å². The molecule has 28 heavy (non-hydrogen) atoms. The topological polar surface area (TPSA) is 71.5 Å². The monoisotopic (exact) mass is 375 g/mol. The highest BCUT2D eigenvalue weighted by molar-refractivity contribution is 6.08. The fourth-order valence-corrected chi connectivity index (χ4v) is 2.70. The molecule has 0 saturated carbocycles. The van der Waals surface area contributed by atoms with Crippen LogP contribution in [0, 0.1) is 0 Å². The molecule has 0 spiro atoms. The molecule has 2 aromatic carbocycles. The van der Waals surface area contributed by atoms with E-state index in [2.05, 4.69) is 10.3 Å². The van der Waals surface area contributed by atoms with Crippen LogP contribution < -0.4 is 10.2 Å². The Kier molecular flexibility index (Phi) is 6.01. The van der Waals surface area contributed by atoms with E-state index in [0.717, 1.165) is 5.69 Å². The number of carbonyl (C=O) groups excluding carboxylic acids is 2. The minimum Gasteiger partial charge on any atom is -0.462 e. The summed E-state index contributed by atoms with van der Waals surface area (Å²) in [4.78, 5) is 31.1. The molecule has 0 fully saturated rings. The molecule has 142 valence electrons. The Morgan fingerprint density at radius 1 is 1.04 bits per heavy atom. The number of carbonyl (C=O) groups is 2. The van der Waals surface area contributed by atoms with Crippen molar-refractivity contribution in [2.75, 3.05) is 23.9 Å². The number of hydrogen-bond donors (Lipinski definition) is 1. The van der Waals surface area contributed by atoms with Crippen LogP contribution in [0.3, 0.4) is 0 Å². The first-order valence-electron chi connectivity index (χ1n) is 8.92. The smallest absolute Gasteiger partial charge is 0.340 e. The third-order valence-electron chi connectivity index (χ3n) is 4.17. The lowest BCUT2D eigenvalue weighted by atomic mass is 10.1. The summed E-state index contributed by atoms with van der Waals surface area (Å²) in [5.74, 6) is -0.169. The van der Waals surface area contributed by atoms with Gasteiger partial charge in [0.25, 0.3) is 5.91 Å². The molecule has 3 rings (SSSR count). The Morgan fingerprint density at radius 3 is 2.50 bits per heavy atom. The number of anilines is 3.